The Morgan fingerprint density at radius 3 is 1.06 bits per heavy atom. The third kappa shape index (κ3) is 19.4. The number of hydrogen-bond acceptors (Lipinski definition) is 6. The Hall–Kier alpha value is -2.52. The van der Waals surface area contributed by atoms with Crippen LogP contribution in [0.3, 0.4) is 0 Å². The summed E-state index contributed by atoms with van der Waals surface area (Å²) in [6.07, 6.45) is -0.621. The predicted octanol–water partition coefficient (Wildman–Crippen LogP) is 4.02. The molecule has 0 aromatic heterocycles. The van der Waals surface area contributed by atoms with Gasteiger partial charge >= 0.3 is 24.1 Å². The Balaban J connectivity index is 0. The Morgan fingerprint density at radius 2 is 0.906 bits per heavy atom. The van der Waals surface area contributed by atoms with Crippen molar-refractivity contribution in [3.63, 3.8) is 0 Å². The van der Waals surface area contributed by atoms with Gasteiger partial charge in [-0.2, -0.15) is 0 Å². The van der Waals surface area contributed by atoms with Crippen LogP contribution in [0.2, 0.25) is 0 Å². The van der Waals surface area contributed by atoms with E-state index in [9.17, 15) is 19.2 Å². The van der Waals surface area contributed by atoms with E-state index >= 15 is 0 Å². The van der Waals surface area contributed by atoms with E-state index < -0.39 is 47.4 Å². The van der Waals surface area contributed by atoms with Crippen molar-refractivity contribution < 1.29 is 38.9 Å². The first kappa shape index (κ1) is 31.7. The van der Waals surface area contributed by atoms with Crippen molar-refractivity contribution in [2.45, 2.75) is 105 Å². The Kier molecular flexibility index (Phi) is 13.7. The van der Waals surface area contributed by atoms with Gasteiger partial charge < -0.3 is 30.3 Å². The number of ether oxygens (including phenoxy) is 2. The fourth-order valence-electron chi connectivity index (χ4n) is 2.29. The highest BCUT2D eigenvalue weighted by atomic mass is 16.6. The maximum absolute atomic E-state index is 11.4. The molecule has 0 saturated carbocycles. The van der Waals surface area contributed by atoms with Crippen LogP contribution < -0.4 is 10.6 Å². The molecule has 2 amide bonds. The molecule has 32 heavy (non-hydrogen) atoms. The smallest absolute Gasteiger partial charge is 0.408 e. The minimum absolute atomic E-state index is 0.191. The van der Waals surface area contributed by atoms with E-state index in [0.29, 0.717) is 12.8 Å². The lowest BCUT2D eigenvalue weighted by Crippen LogP contribution is -2.44. The maximum atomic E-state index is 11.4. The van der Waals surface area contributed by atoms with Crippen molar-refractivity contribution in [1.29, 1.82) is 0 Å². The van der Waals surface area contributed by atoms with Crippen LogP contribution in [-0.4, -0.2) is 57.6 Å². The molecule has 10 nitrogen and oxygen atoms in total. The molecule has 0 aliphatic heterocycles. The van der Waals surface area contributed by atoms with Gasteiger partial charge in [-0.15, -0.1) is 0 Å². The fourth-order valence-corrected chi connectivity index (χ4v) is 2.29. The molecule has 10 heteroatoms. The van der Waals surface area contributed by atoms with Crippen LogP contribution in [0, 0.1) is 11.8 Å². The molecule has 0 rings (SSSR count). The molecule has 0 aromatic rings. The molecule has 2 atom stereocenters. The van der Waals surface area contributed by atoms with Crippen LogP contribution in [0.5, 0.6) is 0 Å². The number of carbonyl (C=O) groups excluding carboxylic acids is 2. The quantitative estimate of drug-likeness (QED) is 0.422. The Morgan fingerprint density at radius 1 is 0.656 bits per heavy atom. The van der Waals surface area contributed by atoms with Crippen LogP contribution in [-0.2, 0) is 19.1 Å². The van der Waals surface area contributed by atoms with Gasteiger partial charge in [-0.1, -0.05) is 27.7 Å². The number of aliphatic carboxylic acids is 2. The minimum Gasteiger partial charge on any atom is -0.480 e. The van der Waals surface area contributed by atoms with Crippen molar-refractivity contribution in [2.24, 2.45) is 11.8 Å². The molecule has 0 fully saturated rings. The van der Waals surface area contributed by atoms with Crippen molar-refractivity contribution in [1.82, 2.24) is 10.6 Å². The lowest BCUT2D eigenvalue weighted by atomic mass is 10.0. The van der Waals surface area contributed by atoms with Crippen molar-refractivity contribution >= 4 is 24.1 Å². The molecule has 0 heterocycles. The number of alkyl carbamates (subject to hydrolysis) is 2. The molecule has 0 aromatic carbocycles. The summed E-state index contributed by atoms with van der Waals surface area (Å²) in [6, 6.07) is -1.79. The zero-order valence-electron chi connectivity index (χ0n) is 21.1. The summed E-state index contributed by atoms with van der Waals surface area (Å²) >= 11 is 0. The molecule has 188 valence electrons. The van der Waals surface area contributed by atoms with Crippen LogP contribution >= 0.6 is 0 Å². The summed E-state index contributed by atoms with van der Waals surface area (Å²) < 4.78 is 9.97. The molecule has 0 unspecified atom stereocenters. The number of rotatable bonds is 8. The number of hydrogen-bond donors (Lipinski definition) is 4. The van der Waals surface area contributed by atoms with Gasteiger partial charge in [0.2, 0.25) is 0 Å². The summed E-state index contributed by atoms with van der Waals surface area (Å²) in [4.78, 5) is 44.4. The highest BCUT2D eigenvalue weighted by Crippen LogP contribution is 2.10. The number of carboxylic acids is 2. The van der Waals surface area contributed by atoms with Gasteiger partial charge in [-0.3, -0.25) is 0 Å². The first-order chi connectivity index (χ1) is 14.2. The summed E-state index contributed by atoms with van der Waals surface area (Å²) in [5.41, 5.74) is -1.24. The highest BCUT2D eigenvalue weighted by molar-refractivity contribution is 5.80. The van der Waals surface area contributed by atoms with E-state index in [0.717, 1.165) is 0 Å². The normalized spacial score (nSPS) is 13.4. The number of amides is 2. The molecule has 0 aliphatic rings. The van der Waals surface area contributed by atoms with Crippen LogP contribution in [0.15, 0.2) is 0 Å². The third-order valence-electron chi connectivity index (χ3n) is 3.39. The number of carboxylic acid groups (broad SMARTS) is 2. The fraction of sp³-hybridized carbons (Fsp3) is 0.818. The lowest BCUT2D eigenvalue weighted by molar-refractivity contribution is -0.140. The maximum Gasteiger partial charge on any atom is 0.408 e. The summed E-state index contributed by atoms with van der Waals surface area (Å²) in [5.74, 6) is -1.70. The zero-order valence-corrected chi connectivity index (χ0v) is 21.1. The highest BCUT2D eigenvalue weighted by Gasteiger charge is 2.25. The molecule has 0 saturated heterocycles. The molecule has 0 aliphatic carbocycles. The monoisotopic (exact) mass is 462 g/mol. The van der Waals surface area contributed by atoms with Crippen molar-refractivity contribution in [3.8, 4) is 0 Å². The second-order valence-corrected chi connectivity index (χ2v) is 10.3. The number of carbonyl (C=O) groups is 4. The largest absolute Gasteiger partial charge is 0.480 e. The van der Waals surface area contributed by atoms with Gasteiger partial charge in [0.25, 0.3) is 0 Å². The average Bonchev–Trinajstić information content (AvgIpc) is 2.49. The van der Waals surface area contributed by atoms with Crippen molar-refractivity contribution in [3.05, 3.63) is 0 Å². The summed E-state index contributed by atoms with van der Waals surface area (Å²) in [5, 5.41) is 22.5. The SMILES string of the molecule is CC(C)C[C@H](NC(=O)OC(C)(C)C)C(=O)O.CC(C)C[C@H](NC(=O)OC(C)(C)C)C(=O)O. The Bertz CT molecular complexity index is 564. The first-order valence-electron chi connectivity index (χ1n) is 10.7. The van der Waals surface area contributed by atoms with Gasteiger partial charge in [-0.05, 0) is 66.2 Å². The van der Waals surface area contributed by atoms with Gasteiger partial charge in [0, 0.05) is 0 Å². The second-order valence-electron chi connectivity index (χ2n) is 10.3. The minimum atomic E-state index is -1.04. The summed E-state index contributed by atoms with van der Waals surface area (Å²) in [7, 11) is 0. The van der Waals surface area contributed by atoms with Crippen molar-refractivity contribution in [2.75, 3.05) is 0 Å². The average molecular weight is 463 g/mol. The van der Waals surface area contributed by atoms with Gasteiger partial charge in [0.15, 0.2) is 0 Å². The molecule has 0 radical (unpaired) electrons. The van der Waals surface area contributed by atoms with E-state index in [4.69, 9.17) is 19.7 Å². The lowest BCUT2D eigenvalue weighted by Gasteiger charge is -2.22. The van der Waals surface area contributed by atoms with E-state index in [1.165, 1.54) is 0 Å². The topological polar surface area (TPSA) is 151 Å². The third-order valence-corrected chi connectivity index (χ3v) is 3.39. The van der Waals surface area contributed by atoms with E-state index in [2.05, 4.69) is 10.6 Å². The first-order valence-corrected chi connectivity index (χ1v) is 10.7. The van der Waals surface area contributed by atoms with Crippen LogP contribution in [0.4, 0.5) is 9.59 Å². The second kappa shape index (κ2) is 13.8. The molecule has 0 bridgehead atoms. The molecule has 4 N–H and O–H groups in total. The molecule has 0 spiro atoms. The van der Waals surface area contributed by atoms with Gasteiger partial charge in [0.1, 0.15) is 23.3 Å². The summed E-state index contributed by atoms with van der Waals surface area (Å²) in [6.45, 7) is 17.9. The van der Waals surface area contributed by atoms with Crippen LogP contribution in [0.25, 0.3) is 0 Å². The number of nitrogens with one attached hydrogen (secondary N) is 2. The van der Waals surface area contributed by atoms with E-state index in [1.807, 2.05) is 27.7 Å². The Labute approximate surface area is 191 Å². The predicted molar refractivity (Wildman–Crippen MR) is 120 cm³/mol. The van der Waals surface area contributed by atoms with Gasteiger partial charge in [0.05, 0.1) is 0 Å². The molecular formula is C22H42N2O8. The zero-order chi connectivity index (χ0) is 25.9. The van der Waals surface area contributed by atoms with E-state index in [-0.39, 0.29) is 11.8 Å². The molecular weight excluding hydrogens is 420 g/mol. The van der Waals surface area contributed by atoms with Crippen LogP contribution in [0.1, 0.15) is 82.1 Å². The van der Waals surface area contributed by atoms with Gasteiger partial charge in [-0.25, -0.2) is 19.2 Å². The van der Waals surface area contributed by atoms with E-state index in [1.54, 1.807) is 41.5 Å². The standard InChI is InChI=1S/2C11H21NO4/c2*1-7(2)6-8(9(13)14)12-10(15)16-11(3,4)5/h2*7-8H,6H2,1-5H3,(H,12,15)(H,13,14)/t2*8-/m00/s1.